The summed E-state index contributed by atoms with van der Waals surface area (Å²) in [4.78, 5) is 4.33. The van der Waals surface area contributed by atoms with Crippen molar-refractivity contribution in [1.82, 2.24) is 15.2 Å². The van der Waals surface area contributed by atoms with Crippen LogP contribution in [0.4, 0.5) is 4.39 Å². The highest BCUT2D eigenvalue weighted by molar-refractivity contribution is 6.38. The van der Waals surface area contributed by atoms with Gasteiger partial charge in [-0.2, -0.15) is 0 Å². The number of hydrogen-bond acceptors (Lipinski definition) is 3. The highest BCUT2D eigenvalue weighted by atomic mass is 35.5. The molecule has 0 fully saturated rings. The van der Waals surface area contributed by atoms with Gasteiger partial charge in [0, 0.05) is 22.3 Å². The third kappa shape index (κ3) is 3.94. The summed E-state index contributed by atoms with van der Waals surface area (Å²) < 4.78 is 14.6. The molecule has 4 aromatic rings. The smallest absolute Gasteiger partial charge is 0.161 e. The molecule has 2 heterocycles. The lowest BCUT2D eigenvalue weighted by atomic mass is 9.94. The number of rotatable bonds is 3. The van der Waals surface area contributed by atoms with Gasteiger partial charge in [0.2, 0.25) is 0 Å². The second-order valence-corrected chi connectivity index (χ2v) is 7.70. The average Bonchev–Trinajstić information content (AvgIpc) is 2.70. The second kappa shape index (κ2) is 8.25. The van der Waals surface area contributed by atoms with E-state index in [0.29, 0.717) is 38.1 Å². The van der Waals surface area contributed by atoms with Gasteiger partial charge in [0.1, 0.15) is 11.5 Å². The van der Waals surface area contributed by atoms with Crippen LogP contribution in [-0.2, 0) is 0 Å². The summed E-state index contributed by atoms with van der Waals surface area (Å²) >= 11 is 24.9. The molecule has 0 saturated carbocycles. The minimum absolute atomic E-state index is 0.0757. The first-order valence-corrected chi connectivity index (χ1v) is 9.85. The Bertz CT molecular complexity index is 1210. The van der Waals surface area contributed by atoms with E-state index in [4.69, 9.17) is 46.4 Å². The molecule has 0 aliphatic heterocycles. The molecule has 0 amide bonds. The molecule has 0 N–H and O–H groups in total. The maximum Gasteiger partial charge on any atom is 0.161 e. The number of pyridine rings is 1. The third-order valence-electron chi connectivity index (χ3n) is 4.24. The van der Waals surface area contributed by atoms with Crippen LogP contribution >= 0.6 is 46.4 Å². The van der Waals surface area contributed by atoms with Crippen LogP contribution in [0.5, 0.6) is 0 Å². The van der Waals surface area contributed by atoms with E-state index in [9.17, 15) is 4.39 Å². The maximum atomic E-state index is 14.6. The van der Waals surface area contributed by atoms with Crippen LogP contribution in [-0.4, -0.2) is 15.2 Å². The van der Waals surface area contributed by atoms with Gasteiger partial charge in [-0.1, -0.05) is 70.7 Å². The summed E-state index contributed by atoms with van der Waals surface area (Å²) in [5.74, 6) is -0.444. The van der Waals surface area contributed by atoms with Crippen molar-refractivity contribution in [3.05, 3.63) is 86.8 Å². The van der Waals surface area contributed by atoms with Gasteiger partial charge < -0.3 is 0 Å². The zero-order valence-electron chi connectivity index (χ0n) is 14.5. The van der Waals surface area contributed by atoms with Gasteiger partial charge in [-0.25, -0.2) is 4.39 Å². The van der Waals surface area contributed by atoms with Crippen LogP contribution in [0.3, 0.4) is 0 Å². The molecule has 0 atom stereocenters. The number of aromatic nitrogens is 3. The summed E-state index contributed by atoms with van der Waals surface area (Å²) in [5.41, 5.74) is 2.59. The van der Waals surface area contributed by atoms with E-state index in [0.717, 1.165) is 0 Å². The zero-order valence-corrected chi connectivity index (χ0v) is 17.5. The molecule has 0 saturated heterocycles. The molecule has 0 radical (unpaired) electrons. The van der Waals surface area contributed by atoms with E-state index in [2.05, 4.69) is 15.2 Å². The minimum Gasteiger partial charge on any atom is -0.253 e. The van der Waals surface area contributed by atoms with Gasteiger partial charge in [0.05, 0.1) is 21.3 Å². The Morgan fingerprint density at radius 2 is 1.45 bits per heavy atom. The fourth-order valence-electron chi connectivity index (χ4n) is 2.97. The zero-order chi connectivity index (χ0) is 20.5. The van der Waals surface area contributed by atoms with Crippen molar-refractivity contribution in [2.24, 2.45) is 0 Å². The van der Waals surface area contributed by atoms with Gasteiger partial charge in [0.25, 0.3) is 0 Å². The molecule has 0 aliphatic rings. The third-order valence-corrected chi connectivity index (χ3v) is 5.25. The van der Waals surface area contributed by atoms with Crippen LogP contribution in [0.1, 0.15) is 0 Å². The average molecular weight is 465 g/mol. The Hall–Kier alpha value is -2.24. The van der Waals surface area contributed by atoms with Crippen LogP contribution in [0.15, 0.2) is 60.8 Å². The molecule has 8 heteroatoms. The highest BCUT2D eigenvalue weighted by Crippen LogP contribution is 2.43. The summed E-state index contributed by atoms with van der Waals surface area (Å²) in [7, 11) is 0. The molecule has 4 rings (SSSR count). The lowest BCUT2D eigenvalue weighted by Crippen LogP contribution is -2.01. The van der Waals surface area contributed by atoms with Crippen molar-refractivity contribution in [3.8, 4) is 33.6 Å². The molecule has 2 aromatic heterocycles. The fourth-order valence-corrected chi connectivity index (χ4v) is 3.79. The quantitative estimate of drug-likeness (QED) is 0.313. The van der Waals surface area contributed by atoms with Gasteiger partial charge in [0.15, 0.2) is 5.15 Å². The van der Waals surface area contributed by atoms with Crippen LogP contribution in [0.2, 0.25) is 20.2 Å². The Morgan fingerprint density at radius 1 is 0.724 bits per heavy atom. The van der Waals surface area contributed by atoms with E-state index in [1.165, 1.54) is 12.3 Å². The van der Waals surface area contributed by atoms with E-state index in [-0.39, 0.29) is 15.7 Å². The van der Waals surface area contributed by atoms with Gasteiger partial charge in [-0.3, -0.25) is 4.98 Å². The first kappa shape index (κ1) is 20.0. The van der Waals surface area contributed by atoms with Crippen LogP contribution in [0.25, 0.3) is 33.6 Å². The van der Waals surface area contributed by atoms with Crippen molar-refractivity contribution in [2.75, 3.05) is 0 Å². The predicted octanol–water partition coefficient (Wildman–Crippen LogP) is 7.63. The fraction of sp³-hybridized carbons (Fsp3) is 0. The molecular weight excluding hydrogens is 455 g/mol. The molecule has 0 aliphatic carbocycles. The summed E-state index contributed by atoms with van der Waals surface area (Å²) in [5, 5.41) is 9.50. The van der Waals surface area contributed by atoms with Crippen LogP contribution < -0.4 is 0 Å². The monoisotopic (exact) mass is 463 g/mol. The van der Waals surface area contributed by atoms with Crippen molar-refractivity contribution < 1.29 is 4.39 Å². The lowest BCUT2D eigenvalue weighted by Gasteiger charge is -2.16. The Balaban J connectivity index is 2.11. The normalized spacial score (nSPS) is 10.9. The van der Waals surface area contributed by atoms with Crippen molar-refractivity contribution in [3.63, 3.8) is 0 Å². The molecule has 144 valence electrons. The van der Waals surface area contributed by atoms with E-state index < -0.39 is 5.82 Å². The first-order valence-electron chi connectivity index (χ1n) is 8.34. The van der Waals surface area contributed by atoms with Gasteiger partial charge >= 0.3 is 0 Å². The van der Waals surface area contributed by atoms with Crippen molar-refractivity contribution in [1.29, 1.82) is 0 Å². The minimum atomic E-state index is -0.444. The van der Waals surface area contributed by atoms with Crippen LogP contribution in [0, 0.1) is 5.82 Å². The maximum absolute atomic E-state index is 14.6. The Morgan fingerprint density at radius 3 is 2.14 bits per heavy atom. The Kier molecular flexibility index (Phi) is 5.70. The van der Waals surface area contributed by atoms with Crippen molar-refractivity contribution in [2.45, 2.75) is 0 Å². The largest absolute Gasteiger partial charge is 0.253 e. The second-order valence-electron chi connectivity index (χ2n) is 6.06. The summed E-state index contributed by atoms with van der Waals surface area (Å²) in [6.07, 6.45) is 1.45. The number of hydrogen-bond donors (Lipinski definition) is 0. The summed E-state index contributed by atoms with van der Waals surface area (Å²) in [6, 6.07) is 14.8. The standard InChI is InChI=1S/C21H10Cl4FN3/c22-12-7-5-11(6-8-12)17-18(20-15(24)9-13(23)10-27-20)21(25)29-28-19(17)14-3-1-2-4-16(14)26/h1-10H. The SMILES string of the molecule is Fc1ccccc1-c1nnc(Cl)c(-c2ncc(Cl)cc2Cl)c1-c1ccc(Cl)cc1. The van der Waals surface area contributed by atoms with Gasteiger partial charge in [-0.05, 0) is 35.9 Å². The first-order chi connectivity index (χ1) is 14.0. The predicted molar refractivity (Wildman–Crippen MR) is 116 cm³/mol. The Labute approximate surface area is 186 Å². The van der Waals surface area contributed by atoms with E-state index >= 15 is 0 Å². The molecule has 29 heavy (non-hydrogen) atoms. The van der Waals surface area contributed by atoms with E-state index in [1.807, 2.05) is 0 Å². The number of nitrogens with zero attached hydrogens (tertiary/aromatic N) is 3. The molecular formula is C21H10Cl4FN3. The number of benzene rings is 2. The van der Waals surface area contributed by atoms with Crippen molar-refractivity contribution >= 4 is 46.4 Å². The van der Waals surface area contributed by atoms with E-state index in [1.54, 1.807) is 48.5 Å². The molecule has 0 unspecified atom stereocenters. The highest BCUT2D eigenvalue weighted by Gasteiger charge is 2.24. The van der Waals surface area contributed by atoms with Gasteiger partial charge in [-0.15, -0.1) is 10.2 Å². The number of halogens is 5. The topological polar surface area (TPSA) is 38.7 Å². The molecule has 2 aromatic carbocycles. The molecule has 0 spiro atoms. The molecule has 0 bridgehead atoms. The summed E-state index contributed by atoms with van der Waals surface area (Å²) in [6.45, 7) is 0. The lowest BCUT2D eigenvalue weighted by molar-refractivity contribution is 0.630. The molecule has 3 nitrogen and oxygen atoms in total.